The van der Waals surface area contributed by atoms with Gasteiger partial charge < -0.3 is 14.5 Å². The highest BCUT2D eigenvalue weighted by Crippen LogP contribution is 2.32. The number of halogens is 1. The number of ketones is 2. The molecule has 0 aliphatic carbocycles. The third-order valence-electron chi connectivity index (χ3n) is 4.75. The highest BCUT2D eigenvalue weighted by Gasteiger charge is 2.22. The van der Waals surface area contributed by atoms with Crippen molar-refractivity contribution in [2.24, 2.45) is 0 Å². The summed E-state index contributed by atoms with van der Waals surface area (Å²) >= 11 is 5.93. The van der Waals surface area contributed by atoms with Crippen LogP contribution in [0.5, 0.6) is 5.75 Å². The standard InChI is InChI=1S/C24H18ClNO4/c1-29-18-12-8-15(9-13-18)20(27)14-26-22-19-4-2-3-5-21(19)30-24(22)23(28)16-6-10-17(25)11-7-16/h2-13,26H,14H2,1H3. The third kappa shape index (κ3) is 3.93. The number of furan rings is 1. The second kappa shape index (κ2) is 8.43. The number of anilines is 1. The lowest BCUT2D eigenvalue weighted by atomic mass is 10.1. The normalized spacial score (nSPS) is 10.7. The Labute approximate surface area is 178 Å². The van der Waals surface area contributed by atoms with E-state index < -0.39 is 0 Å². The molecule has 150 valence electrons. The maximum Gasteiger partial charge on any atom is 0.230 e. The van der Waals surface area contributed by atoms with Crippen LogP contribution >= 0.6 is 11.6 Å². The molecule has 0 amide bonds. The summed E-state index contributed by atoms with van der Waals surface area (Å²) in [6, 6.07) is 20.8. The first-order chi connectivity index (χ1) is 14.6. The fourth-order valence-corrected chi connectivity index (χ4v) is 3.29. The Kier molecular flexibility index (Phi) is 5.55. The molecule has 4 aromatic rings. The maximum absolute atomic E-state index is 13.1. The molecule has 0 atom stereocenters. The summed E-state index contributed by atoms with van der Waals surface area (Å²) in [5.41, 5.74) is 2.05. The van der Waals surface area contributed by atoms with Crippen molar-refractivity contribution in [1.29, 1.82) is 0 Å². The van der Waals surface area contributed by atoms with E-state index in [-0.39, 0.29) is 23.9 Å². The molecule has 0 saturated heterocycles. The van der Waals surface area contributed by atoms with Gasteiger partial charge in [0.05, 0.1) is 19.3 Å². The molecule has 0 bridgehead atoms. The molecule has 0 radical (unpaired) electrons. The summed E-state index contributed by atoms with van der Waals surface area (Å²) in [5.74, 6) is 0.423. The lowest BCUT2D eigenvalue weighted by molar-refractivity contribution is 0.0997. The van der Waals surface area contributed by atoms with Gasteiger partial charge in [-0.25, -0.2) is 0 Å². The van der Waals surface area contributed by atoms with Crippen LogP contribution < -0.4 is 10.1 Å². The molecule has 0 unspecified atom stereocenters. The first-order valence-corrected chi connectivity index (χ1v) is 9.67. The molecule has 0 fully saturated rings. The van der Waals surface area contributed by atoms with Gasteiger partial charge in [-0.3, -0.25) is 9.59 Å². The summed E-state index contributed by atoms with van der Waals surface area (Å²) < 4.78 is 11.0. The van der Waals surface area contributed by atoms with Crippen LogP contribution in [0, 0.1) is 0 Å². The van der Waals surface area contributed by atoms with E-state index in [4.69, 9.17) is 20.8 Å². The van der Waals surface area contributed by atoms with Crippen LogP contribution in [0.4, 0.5) is 5.69 Å². The minimum atomic E-state index is -0.290. The van der Waals surface area contributed by atoms with Crippen LogP contribution in [0.3, 0.4) is 0 Å². The van der Waals surface area contributed by atoms with Gasteiger partial charge in [-0.2, -0.15) is 0 Å². The highest BCUT2D eigenvalue weighted by atomic mass is 35.5. The molecule has 0 aliphatic rings. The minimum Gasteiger partial charge on any atom is -0.497 e. The Morgan fingerprint density at radius 1 is 0.933 bits per heavy atom. The largest absolute Gasteiger partial charge is 0.497 e. The van der Waals surface area contributed by atoms with Gasteiger partial charge in [0, 0.05) is 21.5 Å². The number of hydrogen-bond donors (Lipinski definition) is 1. The van der Waals surface area contributed by atoms with Crippen LogP contribution in [0.1, 0.15) is 26.5 Å². The van der Waals surface area contributed by atoms with E-state index in [1.165, 1.54) is 0 Å². The molecule has 1 aromatic heterocycles. The smallest absolute Gasteiger partial charge is 0.230 e. The van der Waals surface area contributed by atoms with Gasteiger partial charge in [0.1, 0.15) is 11.3 Å². The van der Waals surface area contributed by atoms with E-state index in [1.807, 2.05) is 18.2 Å². The van der Waals surface area contributed by atoms with E-state index in [1.54, 1.807) is 61.7 Å². The van der Waals surface area contributed by atoms with Crippen molar-refractivity contribution in [3.8, 4) is 5.75 Å². The lowest BCUT2D eigenvalue weighted by Gasteiger charge is -2.07. The first kappa shape index (κ1) is 19.7. The van der Waals surface area contributed by atoms with E-state index in [0.717, 1.165) is 5.39 Å². The molecule has 3 aromatic carbocycles. The van der Waals surface area contributed by atoms with Crippen molar-refractivity contribution in [3.63, 3.8) is 0 Å². The summed E-state index contributed by atoms with van der Waals surface area (Å²) in [7, 11) is 1.57. The molecule has 1 heterocycles. The number of nitrogens with one attached hydrogen (secondary N) is 1. The maximum atomic E-state index is 13.1. The summed E-state index contributed by atoms with van der Waals surface area (Å²) in [4.78, 5) is 25.7. The number of benzene rings is 3. The lowest BCUT2D eigenvalue weighted by Crippen LogP contribution is -2.15. The Bertz CT molecular complexity index is 1210. The van der Waals surface area contributed by atoms with Gasteiger partial charge >= 0.3 is 0 Å². The van der Waals surface area contributed by atoms with Crippen LogP contribution in [0.25, 0.3) is 11.0 Å². The Balaban J connectivity index is 1.63. The Morgan fingerprint density at radius 2 is 1.60 bits per heavy atom. The molecule has 6 heteroatoms. The van der Waals surface area contributed by atoms with Crippen molar-refractivity contribution in [3.05, 3.63) is 94.7 Å². The van der Waals surface area contributed by atoms with E-state index in [2.05, 4.69) is 5.32 Å². The average Bonchev–Trinajstić information content (AvgIpc) is 3.16. The number of methoxy groups -OCH3 is 1. The molecular formula is C24H18ClNO4. The third-order valence-corrected chi connectivity index (χ3v) is 5.00. The average molecular weight is 420 g/mol. The Morgan fingerprint density at radius 3 is 2.30 bits per heavy atom. The van der Waals surface area contributed by atoms with E-state index in [0.29, 0.717) is 33.2 Å². The van der Waals surface area contributed by atoms with E-state index >= 15 is 0 Å². The van der Waals surface area contributed by atoms with Crippen molar-refractivity contribution < 1.29 is 18.7 Å². The van der Waals surface area contributed by atoms with Gasteiger partial charge in [-0.15, -0.1) is 0 Å². The van der Waals surface area contributed by atoms with E-state index in [9.17, 15) is 9.59 Å². The molecule has 0 spiro atoms. The second-order valence-electron chi connectivity index (χ2n) is 6.64. The number of para-hydroxylation sites is 1. The highest BCUT2D eigenvalue weighted by molar-refractivity contribution is 6.30. The zero-order valence-electron chi connectivity index (χ0n) is 16.1. The van der Waals surface area contributed by atoms with Crippen molar-refractivity contribution >= 4 is 39.8 Å². The molecule has 30 heavy (non-hydrogen) atoms. The molecule has 4 rings (SSSR count). The second-order valence-corrected chi connectivity index (χ2v) is 7.08. The molecule has 1 N–H and O–H groups in total. The molecule has 5 nitrogen and oxygen atoms in total. The van der Waals surface area contributed by atoms with Crippen LogP contribution in [0.2, 0.25) is 5.02 Å². The number of hydrogen-bond acceptors (Lipinski definition) is 5. The van der Waals surface area contributed by atoms with Crippen molar-refractivity contribution in [2.45, 2.75) is 0 Å². The number of rotatable bonds is 7. The van der Waals surface area contributed by atoms with Crippen LogP contribution in [0.15, 0.2) is 77.2 Å². The number of fused-ring (bicyclic) bond motifs is 1. The number of carbonyl (C=O) groups is 2. The van der Waals surface area contributed by atoms with Gasteiger partial charge in [-0.1, -0.05) is 23.7 Å². The quantitative estimate of drug-likeness (QED) is 0.394. The summed E-state index contributed by atoms with van der Waals surface area (Å²) in [5, 5.41) is 4.38. The predicted octanol–water partition coefficient (Wildman–Crippen LogP) is 5.62. The van der Waals surface area contributed by atoms with Crippen molar-refractivity contribution in [2.75, 3.05) is 19.0 Å². The summed E-state index contributed by atoms with van der Waals surface area (Å²) in [6.45, 7) is 0.0107. The molecule has 0 saturated carbocycles. The zero-order chi connectivity index (χ0) is 21.1. The number of Topliss-reactive ketones (excluding diaryl/α,β-unsaturated/α-hetero) is 1. The van der Waals surface area contributed by atoms with Crippen molar-refractivity contribution in [1.82, 2.24) is 0 Å². The molecular weight excluding hydrogens is 402 g/mol. The number of ether oxygens (including phenoxy) is 1. The minimum absolute atomic E-state index is 0.0107. The topological polar surface area (TPSA) is 68.5 Å². The fraction of sp³-hybridized carbons (Fsp3) is 0.0833. The predicted molar refractivity (Wildman–Crippen MR) is 117 cm³/mol. The number of carbonyl (C=O) groups excluding carboxylic acids is 2. The van der Waals surface area contributed by atoms with Gasteiger partial charge in [0.15, 0.2) is 11.5 Å². The van der Waals surface area contributed by atoms with Gasteiger partial charge in [-0.05, 0) is 60.7 Å². The zero-order valence-corrected chi connectivity index (χ0v) is 16.9. The van der Waals surface area contributed by atoms with Crippen LogP contribution in [-0.2, 0) is 0 Å². The van der Waals surface area contributed by atoms with Gasteiger partial charge in [0.2, 0.25) is 5.78 Å². The Hall–Kier alpha value is -3.57. The SMILES string of the molecule is COc1ccc(C(=O)CNc2c(C(=O)c3ccc(Cl)cc3)oc3ccccc23)cc1. The summed E-state index contributed by atoms with van der Waals surface area (Å²) in [6.07, 6.45) is 0. The first-order valence-electron chi connectivity index (χ1n) is 9.30. The molecule has 0 aliphatic heterocycles. The van der Waals surface area contributed by atoms with Crippen LogP contribution in [-0.4, -0.2) is 25.2 Å². The monoisotopic (exact) mass is 419 g/mol. The fourth-order valence-electron chi connectivity index (χ4n) is 3.16. The van der Waals surface area contributed by atoms with Gasteiger partial charge in [0.25, 0.3) is 0 Å².